The molecule has 2 nitrogen and oxygen atoms in total. The van der Waals surface area contributed by atoms with Crippen LogP contribution in [0.4, 0.5) is 9.52 Å². The third-order valence-corrected chi connectivity index (χ3v) is 5.16. The molecule has 1 saturated heterocycles. The van der Waals surface area contributed by atoms with Gasteiger partial charge in [-0.25, -0.2) is 4.98 Å². The van der Waals surface area contributed by atoms with Gasteiger partial charge >= 0.3 is 0 Å². The van der Waals surface area contributed by atoms with E-state index in [0.717, 1.165) is 30.2 Å². The van der Waals surface area contributed by atoms with Crippen LogP contribution in [0.25, 0.3) is 10.2 Å². The highest BCUT2D eigenvalue weighted by Crippen LogP contribution is 2.33. The van der Waals surface area contributed by atoms with Crippen molar-refractivity contribution in [3.05, 3.63) is 18.2 Å². The first-order valence-corrected chi connectivity index (χ1v) is 8.10. The Kier molecular flexibility index (Phi) is 3.43. The molecular weight excluding hydrogens is 267 g/mol. The first-order valence-electron chi connectivity index (χ1n) is 6.05. The average molecular weight is 282 g/mol. The minimum Gasteiger partial charge on any atom is -0.348 e. The number of hydrogen-bond acceptors (Lipinski definition) is 4. The van der Waals surface area contributed by atoms with Crippen LogP contribution in [0.3, 0.4) is 0 Å². The monoisotopic (exact) mass is 282 g/mol. The van der Waals surface area contributed by atoms with Gasteiger partial charge in [-0.2, -0.15) is 0 Å². The van der Waals surface area contributed by atoms with Gasteiger partial charge < -0.3 is 4.90 Å². The second-order valence-electron chi connectivity index (χ2n) is 4.59. The van der Waals surface area contributed by atoms with Crippen LogP contribution in [-0.4, -0.2) is 31.0 Å². The molecule has 0 radical (unpaired) electrons. The number of rotatable bonds is 3. The number of fused-ring (bicyclic) bond motifs is 1. The molecule has 0 aliphatic carbocycles. The molecule has 3 rings (SSSR count). The zero-order valence-corrected chi connectivity index (χ0v) is 11.9. The Balaban J connectivity index is 1.89. The molecule has 1 fully saturated rings. The number of aromatic nitrogens is 1. The van der Waals surface area contributed by atoms with Gasteiger partial charge in [0, 0.05) is 23.9 Å². The smallest absolute Gasteiger partial charge is 0.186 e. The van der Waals surface area contributed by atoms with Crippen LogP contribution in [0.1, 0.15) is 6.42 Å². The number of anilines is 1. The summed E-state index contributed by atoms with van der Waals surface area (Å²) in [7, 11) is 0. The van der Waals surface area contributed by atoms with Crippen LogP contribution in [-0.2, 0) is 0 Å². The van der Waals surface area contributed by atoms with E-state index in [0.29, 0.717) is 0 Å². The predicted octanol–water partition coefficient (Wildman–Crippen LogP) is 3.81. The lowest BCUT2D eigenvalue weighted by Crippen LogP contribution is -2.19. The van der Waals surface area contributed by atoms with Crippen molar-refractivity contribution in [2.45, 2.75) is 11.3 Å². The summed E-state index contributed by atoms with van der Waals surface area (Å²) in [5.74, 6) is 0.193. The third kappa shape index (κ3) is 2.21. The molecule has 0 amide bonds. The maximum atomic E-state index is 12.6. The number of halogens is 1. The maximum Gasteiger partial charge on any atom is 0.186 e. The Morgan fingerprint density at radius 2 is 2.44 bits per heavy atom. The molecule has 0 spiro atoms. The molecular formula is C13H15FN2S2. The molecule has 1 aromatic heterocycles. The molecule has 0 bridgehead atoms. The Labute approximate surface area is 114 Å². The Morgan fingerprint density at radius 1 is 1.56 bits per heavy atom. The zero-order chi connectivity index (χ0) is 12.5. The van der Waals surface area contributed by atoms with Crippen molar-refractivity contribution in [3.63, 3.8) is 0 Å². The fourth-order valence-electron chi connectivity index (χ4n) is 2.29. The number of thioether (sulfide) groups is 1. The van der Waals surface area contributed by atoms with Crippen molar-refractivity contribution in [2.24, 2.45) is 5.92 Å². The highest BCUT2D eigenvalue weighted by Gasteiger charge is 2.24. The van der Waals surface area contributed by atoms with Crippen molar-refractivity contribution >= 4 is 38.4 Å². The fraction of sp³-hybridized carbons (Fsp3) is 0.462. The van der Waals surface area contributed by atoms with E-state index in [9.17, 15) is 4.39 Å². The minimum atomic E-state index is -0.210. The highest BCUT2D eigenvalue weighted by molar-refractivity contribution is 7.98. The number of thiazole rings is 1. The Morgan fingerprint density at radius 3 is 3.17 bits per heavy atom. The van der Waals surface area contributed by atoms with E-state index in [-0.39, 0.29) is 12.6 Å². The summed E-state index contributed by atoms with van der Waals surface area (Å²) >= 11 is 3.46. The standard InChI is InChI=1S/C13H15FN2S2/c1-17-10-2-3-11-12(6-10)18-13(15-11)16-5-4-9(7-14)8-16/h2-3,6,9H,4-5,7-8H2,1H3. The van der Waals surface area contributed by atoms with Crippen LogP contribution >= 0.6 is 23.1 Å². The molecule has 1 unspecified atom stereocenters. The van der Waals surface area contributed by atoms with Crippen LogP contribution in [0.5, 0.6) is 0 Å². The van der Waals surface area contributed by atoms with Crippen molar-refractivity contribution in [1.82, 2.24) is 4.98 Å². The van der Waals surface area contributed by atoms with Crippen LogP contribution < -0.4 is 4.90 Å². The lowest BCUT2D eigenvalue weighted by molar-refractivity contribution is 0.385. The van der Waals surface area contributed by atoms with Crippen LogP contribution in [0.15, 0.2) is 23.1 Å². The number of hydrogen-bond donors (Lipinski definition) is 0. The molecule has 1 atom stereocenters. The molecule has 2 heterocycles. The summed E-state index contributed by atoms with van der Waals surface area (Å²) in [5.41, 5.74) is 1.05. The zero-order valence-electron chi connectivity index (χ0n) is 10.2. The summed E-state index contributed by atoms with van der Waals surface area (Å²) in [4.78, 5) is 8.13. The lowest BCUT2D eigenvalue weighted by Gasteiger charge is -2.13. The summed E-state index contributed by atoms with van der Waals surface area (Å²) in [6, 6.07) is 6.36. The SMILES string of the molecule is CSc1ccc2nc(N3CCC(CF)C3)sc2c1. The minimum absolute atomic E-state index is 0.193. The second-order valence-corrected chi connectivity index (χ2v) is 6.47. The highest BCUT2D eigenvalue weighted by atomic mass is 32.2. The number of nitrogens with zero attached hydrogens (tertiary/aromatic N) is 2. The third-order valence-electron chi connectivity index (χ3n) is 3.36. The Hall–Kier alpha value is -0.810. The predicted molar refractivity (Wildman–Crippen MR) is 77.7 cm³/mol. The van der Waals surface area contributed by atoms with E-state index in [1.165, 1.54) is 9.60 Å². The Bertz CT molecular complexity index is 555. The molecule has 96 valence electrons. The topological polar surface area (TPSA) is 16.1 Å². The van der Waals surface area contributed by atoms with Gasteiger partial charge in [-0.3, -0.25) is 4.39 Å². The average Bonchev–Trinajstić information content (AvgIpc) is 3.03. The van der Waals surface area contributed by atoms with Gasteiger partial charge in [0.1, 0.15) is 0 Å². The molecule has 18 heavy (non-hydrogen) atoms. The molecule has 5 heteroatoms. The summed E-state index contributed by atoms with van der Waals surface area (Å²) in [6.07, 6.45) is 3.03. The number of alkyl halides is 1. The van der Waals surface area contributed by atoms with E-state index in [1.54, 1.807) is 23.1 Å². The van der Waals surface area contributed by atoms with Crippen molar-refractivity contribution < 1.29 is 4.39 Å². The molecule has 1 aliphatic rings. The van der Waals surface area contributed by atoms with Gasteiger partial charge in [-0.1, -0.05) is 11.3 Å². The fourth-order valence-corrected chi connectivity index (χ4v) is 3.84. The summed E-state index contributed by atoms with van der Waals surface area (Å²) < 4.78 is 13.9. The van der Waals surface area contributed by atoms with Gasteiger partial charge in [-0.05, 0) is 30.9 Å². The van der Waals surface area contributed by atoms with Crippen molar-refractivity contribution in [3.8, 4) is 0 Å². The molecule has 0 saturated carbocycles. The van der Waals surface area contributed by atoms with Gasteiger partial charge in [0.05, 0.1) is 16.9 Å². The van der Waals surface area contributed by atoms with E-state index in [4.69, 9.17) is 0 Å². The number of benzene rings is 1. The summed E-state index contributed by atoms with van der Waals surface area (Å²) in [5, 5.41) is 1.04. The maximum absolute atomic E-state index is 12.6. The van der Waals surface area contributed by atoms with Crippen LogP contribution in [0.2, 0.25) is 0 Å². The lowest BCUT2D eigenvalue weighted by atomic mass is 10.1. The molecule has 2 aromatic rings. The van der Waals surface area contributed by atoms with E-state index >= 15 is 0 Å². The van der Waals surface area contributed by atoms with E-state index in [2.05, 4.69) is 34.3 Å². The molecule has 0 N–H and O–H groups in total. The largest absolute Gasteiger partial charge is 0.348 e. The summed E-state index contributed by atoms with van der Waals surface area (Å²) in [6.45, 7) is 1.54. The first-order chi connectivity index (χ1) is 8.80. The molecule has 1 aliphatic heterocycles. The van der Waals surface area contributed by atoms with Crippen molar-refractivity contribution in [1.29, 1.82) is 0 Å². The van der Waals surface area contributed by atoms with Crippen molar-refractivity contribution in [2.75, 3.05) is 30.9 Å². The van der Waals surface area contributed by atoms with E-state index < -0.39 is 0 Å². The van der Waals surface area contributed by atoms with Gasteiger partial charge in [0.15, 0.2) is 5.13 Å². The second kappa shape index (κ2) is 5.05. The van der Waals surface area contributed by atoms with Gasteiger partial charge in [-0.15, -0.1) is 11.8 Å². The molecule has 1 aromatic carbocycles. The van der Waals surface area contributed by atoms with Gasteiger partial charge in [0.2, 0.25) is 0 Å². The van der Waals surface area contributed by atoms with E-state index in [1.807, 2.05) is 0 Å². The first kappa shape index (κ1) is 12.2. The quantitative estimate of drug-likeness (QED) is 0.796. The van der Waals surface area contributed by atoms with Gasteiger partial charge in [0.25, 0.3) is 0 Å². The normalized spacial score (nSPS) is 19.9. The van der Waals surface area contributed by atoms with Crippen LogP contribution in [0, 0.1) is 5.92 Å².